The van der Waals surface area contributed by atoms with E-state index in [1.54, 1.807) is 12.2 Å². The molecule has 3 rings (SSSR count). The van der Waals surface area contributed by atoms with Gasteiger partial charge in [-0.05, 0) is 36.3 Å². The lowest BCUT2D eigenvalue weighted by Gasteiger charge is -2.33. The maximum atomic E-state index is 12.4. The fourth-order valence-electron chi connectivity index (χ4n) is 3.15. The minimum absolute atomic E-state index is 0.00880. The Morgan fingerprint density at radius 3 is 2.57 bits per heavy atom. The third kappa shape index (κ3) is 5.67. The molecule has 2 heterocycles. The van der Waals surface area contributed by atoms with Gasteiger partial charge in [0.05, 0.1) is 10.9 Å². The van der Waals surface area contributed by atoms with Gasteiger partial charge in [0.1, 0.15) is 0 Å². The molecule has 28 heavy (non-hydrogen) atoms. The molecule has 1 N–H and O–H groups in total. The summed E-state index contributed by atoms with van der Waals surface area (Å²) >= 11 is 7.34. The number of nitrogens with zero attached hydrogens (tertiary/aromatic N) is 2. The summed E-state index contributed by atoms with van der Waals surface area (Å²) in [4.78, 5) is 29.6. The molecule has 0 saturated carbocycles. The van der Waals surface area contributed by atoms with Crippen molar-refractivity contribution >= 4 is 46.5 Å². The highest BCUT2D eigenvalue weighted by molar-refractivity contribution is 7.17. The second kappa shape index (κ2) is 9.87. The molecule has 2 amide bonds. The summed E-state index contributed by atoms with van der Waals surface area (Å²) < 4.78 is 0.709. The molecule has 1 fully saturated rings. The number of hydrogen-bond donors (Lipinski definition) is 1. The van der Waals surface area contributed by atoms with Crippen LogP contribution >= 0.6 is 22.9 Å². The van der Waals surface area contributed by atoms with Crippen molar-refractivity contribution in [3.05, 3.63) is 57.3 Å². The summed E-state index contributed by atoms with van der Waals surface area (Å²) in [6.45, 7) is 5.02. The summed E-state index contributed by atoms with van der Waals surface area (Å²) in [5, 5.41) is 3.00. The highest BCUT2D eigenvalue weighted by Crippen LogP contribution is 2.22. The molecular weight excluding hydrogens is 394 g/mol. The number of carbonyl (C=O) groups is 2. The van der Waals surface area contributed by atoms with Crippen LogP contribution in [0.25, 0.3) is 6.08 Å². The highest BCUT2D eigenvalue weighted by atomic mass is 35.5. The van der Waals surface area contributed by atoms with Crippen molar-refractivity contribution in [1.82, 2.24) is 9.80 Å². The number of hydrogen-bond acceptors (Lipinski definition) is 4. The van der Waals surface area contributed by atoms with Gasteiger partial charge >= 0.3 is 0 Å². The number of amides is 2. The molecule has 2 aromatic rings. The van der Waals surface area contributed by atoms with Crippen LogP contribution in [0.15, 0.2) is 42.5 Å². The van der Waals surface area contributed by atoms with Crippen LogP contribution in [0.2, 0.25) is 4.34 Å². The quantitative estimate of drug-likeness (QED) is 0.728. The van der Waals surface area contributed by atoms with E-state index >= 15 is 0 Å². The van der Waals surface area contributed by atoms with E-state index in [1.807, 2.05) is 41.3 Å². The van der Waals surface area contributed by atoms with Crippen LogP contribution in [-0.4, -0.2) is 54.3 Å². The maximum Gasteiger partial charge on any atom is 0.246 e. The Balaban J connectivity index is 1.45. The molecule has 0 bridgehead atoms. The minimum atomic E-state index is -0.0184. The average Bonchev–Trinajstić information content (AvgIpc) is 3.12. The summed E-state index contributed by atoms with van der Waals surface area (Å²) in [5.41, 5.74) is 2.01. The van der Waals surface area contributed by atoms with E-state index in [9.17, 15) is 9.59 Å². The first-order chi connectivity index (χ1) is 13.5. The molecule has 0 atom stereocenters. The number of piperazine rings is 1. The lowest BCUT2D eigenvalue weighted by atomic mass is 10.1. The van der Waals surface area contributed by atoms with Crippen molar-refractivity contribution in [2.45, 2.75) is 13.3 Å². The van der Waals surface area contributed by atoms with Gasteiger partial charge in [0, 0.05) is 42.8 Å². The number of thiophene rings is 1. The monoisotopic (exact) mass is 417 g/mol. The zero-order valence-electron chi connectivity index (χ0n) is 15.9. The van der Waals surface area contributed by atoms with Gasteiger partial charge in [0.2, 0.25) is 11.8 Å². The largest absolute Gasteiger partial charge is 0.337 e. The summed E-state index contributed by atoms with van der Waals surface area (Å²) in [6, 6.07) is 11.6. The Kier molecular flexibility index (Phi) is 7.25. The second-order valence-electron chi connectivity index (χ2n) is 6.64. The summed E-state index contributed by atoms with van der Waals surface area (Å²) in [5.74, 6) is -0.0272. The van der Waals surface area contributed by atoms with Crippen molar-refractivity contribution in [3.8, 4) is 0 Å². The Bertz CT molecular complexity index is 857. The Labute approximate surface area is 174 Å². The van der Waals surface area contributed by atoms with E-state index in [0.717, 1.165) is 22.5 Å². The van der Waals surface area contributed by atoms with Crippen molar-refractivity contribution < 1.29 is 9.59 Å². The van der Waals surface area contributed by atoms with E-state index in [1.165, 1.54) is 11.3 Å². The Morgan fingerprint density at radius 1 is 1.14 bits per heavy atom. The molecule has 7 heteroatoms. The molecular formula is C21H24ClN3O2S. The Hall–Kier alpha value is -2.15. The number of para-hydroxylation sites is 1. The number of aryl methyl sites for hydroxylation is 1. The SMILES string of the molecule is CCc1ccccc1NC(=O)CN1CCN(C(=O)/C=C/c2ccc(Cl)s2)CC1. The molecule has 148 valence electrons. The van der Waals surface area contributed by atoms with Crippen molar-refractivity contribution in [3.63, 3.8) is 0 Å². The third-order valence-corrected chi connectivity index (χ3v) is 5.90. The van der Waals surface area contributed by atoms with Gasteiger partial charge in [-0.1, -0.05) is 36.7 Å². The van der Waals surface area contributed by atoms with Gasteiger partial charge in [-0.15, -0.1) is 11.3 Å². The second-order valence-corrected chi connectivity index (χ2v) is 8.38. The van der Waals surface area contributed by atoms with E-state index in [2.05, 4.69) is 17.1 Å². The molecule has 5 nitrogen and oxygen atoms in total. The summed E-state index contributed by atoms with van der Waals surface area (Å²) in [7, 11) is 0. The third-order valence-electron chi connectivity index (χ3n) is 4.71. The standard InChI is InChI=1S/C21H24ClN3O2S/c1-2-16-5-3-4-6-18(16)23-20(26)15-24-11-13-25(14-12-24)21(27)10-8-17-7-9-19(22)28-17/h3-10H,2,11-15H2,1H3,(H,23,26)/b10-8+. The number of anilines is 1. The molecule has 0 unspecified atom stereocenters. The maximum absolute atomic E-state index is 12.4. The summed E-state index contributed by atoms with van der Waals surface area (Å²) in [6.07, 6.45) is 4.26. The van der Waals surface area contributed by atoms with Crippen LogP contribution in [0.1, 0.15) is 17.4 Å². The number of halogens is 1. The number of benzene rings is 1. The first-order valence-electron chi connectivity index (χ1n) is 9.37. The molecule has 1 aliphatic heterocycles. The van der Waals surface area contributed by atoms with Crippen LogP contribution in [-0.2, 0) is 16.0 Å². The first-order valence-corrected chi connectivity index (χ1v) is 10.6. The van der Waals surface area contributed by atoms with Gasteiger partial charge in [-0.3, -0.25) is 14.5 Å². The lowest BCUT2D eigenvalue weighted by molar-refractivity contribution is -0.127. The minimum Gasteiger partial charge on any atom is -0.337 e. The number of rotatable bonds is 6. The topological polar surface area (TPSA) is 52.7 Å². The van der Waals surface area contributed by atoms with Gasteiger partial charge in [-0.25, -0.2) is 0 Å². The normalized spacial score (nSPS) is 15.1. The zero-order chi connectivity index (χ0) is 19.9. The van der Waals surface area contributed by atoms with E-state index < -0.39 is 0 Å². The molecule has 1 aliphatic rings. The van der Waals surface area contributed by atoms with Gasteiger partial charge in [-0.2, -0.15) is 0 Å². The lowest BCUT2D eigenvalue weighted by Crippen LogP contribution is -2.50. The molecule has 1 saturated heterocycles. The molecule has 0 spiro atoms. The van der Waals surface area contributed by atoms with Crippen molar-refractivity contribution in [2.24, 2.45) is 0 Å². The van der Waals surface area contributed by atoms with Crippen LogP contribution in [0.3, 0.4) is 0 Å². The number of nitrogens with one attached hydrogen (secondary N) is 1. The fraction of sp³-hybridized carbons (Fsp3) is 0.333. The van der Waals surface area contributed by atoms with Crippen LogP contribution in [0, 0.1) is 0 Å². The molecule has 0 aliphatic carbocycles. The van der Waals surface area contributed by atoms with Gasteiger partial charge < -0.3 is 10.2 Å². The first kappa shape index (κ1) is 20.6. The van der Waals surface area contributed by atoms with E-state index in [-0.39, 0.29) is 11.8 Å². The number of carbonyl (C=O) groups excluding carboxylic acids is 2. The Morgan fingerprint density at radius 2 is 1.89 bits per heavy atom. The fourth-order valence-corrected chi connectivity index (χ4v) is 4.11. The predicted octanol–water partition coefficient (Wildman–Crippen LogP) is 3.76. The van der Waals surface area contributed by atoms with Gasteiger partial charge in [0.25, 0.3) is 0 Å². The van der Waals surface area contributed by atoms with Crippen molar-refractivity contribution in [2.75, 3.05) is 38.0 Å². The average molecular weight is 418 g/mol. The van der Waals surface area contributed by atoms with E-state index in [0.29, 0.717) is 37.1 Å². The zero-order valence-corrected chi connectivity index (χ0v) is 17.4. The van der Waals surface area contributed by atoms with Gasteiger partial charge in [0.15, 0.2) is 0 Å². The predicted molar refractivity (Wildman–Crippen MR) is 116 cm³/mol. The molecule has 1 aromatic carbocycles. The van der Waals surface area contributed by atoms with Crippen molar-refractivity contribution in [1.29, 1.82) is 0 Å². The molecule has 1 aromatic heterocycles. The van der Waals surface area contributed by atoms with E-state index in [4.69, 9.17) is 11.6 Å². The van der Waals surface area contributed by atoms with Crippen LogP contribution in [0.5, 0.6) is 0 Å². The molecule has 0 radical (unpaired) electrons. The van der Waals surface area contributed by atoms with Crippen LogP contribution in [0.4, 0.5) is 5.69 Å². The smallest absolute Gasteiger partial charge is 0.246 e. The highest BCUT2D eigenvalue weighted by Gasteiger charge is 2.21. The van der Waals surface area contributed by atoms with Crippen LogP contribution < -0.4 is 5.32 Å².